The van der Waals surface area contributed by atoms with Crippen LogP contribution >= 0.6 is 23.1 Å². The van der Waals surface area contributed by atoms with Crippen molar-refractivity contribution in [3.63, 3.8) is 0 Å². The summed E-state index contributed by atoms with van der Waals surface area (Å²) in [5.74, 6) is 1.36. The van der Waals surface area contributed by atoms with Crippen LogP contribution in [0.1, 0.15) is 10.5 Å². The quantitative estimate of drug-likeness (QED) is 0.716. The summed E-state index contributed by atoms with van der Waals surface area (Å²) in [6, 6.07) is 9.73. The number of hydrogen-bond donors (Lipinski definition) is 0. The molecule has 0 aliphatic carbocycles. The molecule has 1 aliphatic rings. The number of carbonyl (C=O) groups excluding carboxylic acids is 1. The first-order valence-electron chi connectivity index (χ1n) is 7.09. The second kappa shape index (κ2) is 6.10. The van der Waals surface area contributed by atoms with Gasteiger partial charge in [0.1, 0.15) is 5.69 Å². The lowest BCUT2D eigenvalue weighted by Gasteiger charge is -2.28. The minimum atomic E-state index is -0.0730. The monoisotopic (exact) mass is 340 g/mol. The Balaban J connectivity index is 1.65. The number of rotatable bonds is 2. The Morgan fingerprint density at radius 2 is 1.96 bits per heavy atom. The van der Waals surface area contributed by atoms with Crippen molar-refractivity contribution in [2.45, 2.75) is 4.90 Å². The highest BCUT2D eigenvalue weighted by Crippen LogP contribution is 2.35. The number of thiazole rings is 1. The van der Waals surface area contributed by atoms with Crippen LogP contribution in [0.15, 0.2) is 53.0 Å². The molecule has 1 amide bonds. The molecule has 3 aromatic rings. The van der Waals surface area contributed by atoms with Crippen molar-refractivity contribution in [1.82, 2.24) is 15.0 Å². The smallest absolute Gasteiger partial charge is 0.277 e. The van der Waals surface area contributed by atoms with Gasteiger partial charge in [0.2, 0.25) is 0 Å². The number of anilines is 1. The van der Waals surface area contributed by atoms with Gasteiger partial charge in [-0.15, -0.1) is 23.1 Å². The Bertz CT molecular complexity index is 850. The van der Waals surface area contributed by atoms with Gasteiger partial charge >= 0.3 is 0 Å². The number of amides is 1. The number of thioether (sulfide) groups is 1. The van der Waals surface area contributed by atoms with Crippen LogP contribution in [0.5, 0.6) is 0 Å². The van der Waals surface area contributed by atoms with Crippen molar-refractivity contribution in [3.8, 4) is 10.8 Å². The fourth-order valence-electron chi connectivity index (χ4n) is 2.40. The molecule has 1 aromatic carbocycles. The van der Waals surface area contributed by atoms with Crippen molar-refractivity contribution >= 4 is 34.7 Å². The van der Waals surface area contributed by atoms with Crippen LogP contribution < -0.4 is 4.90 Å². The molecule has 0 fully saturated rings. The Kier molecular flexibility index (Phi) is 3.80. The maximum absolute atomic E-state index is 12.8. The predicted molar refractivity (Wildman–Crippen MR) is 92.0 cm³/mol. The molecule has 23 heavy (non-hydrogen) atoms. The molecule has 2 aromatic heterocycles. The first-order chi connectivity index (χ1) is 11.3. The maximum atomic E-state index is 12.8. The molecule has 4 rings (SSSR count). The zero-order chi connectivity index (χ0) is 15.6. The van der Waals surface area contributed by atoms with Crippen molar-refractivity contribution in [2.75, 3.05) is 17.2 Å². The number of nitrogens with zero attached hydrogens (tertiary/aromatic N) is 4. The minimum Gasteiger partial charge on any atom is -0.305 e. The van der Waals surface area contributed by atoms with E-state index >= 15 is 0 Å². The normalized spacial score (nSPS) is 13.7. The average molecular weight is 340 g/mol. The standard InChI is InChI=1S/C16H12N4OS2/c21-16(20-8-9-22-13-5-2-1-4-12(13)20)11-10-23-15(19-11)14-17-6-3-7-18-14/h1-7,10H,8-9H2. The Morgan fingerprint density at radius 1 is 1.13 bits per heavy atom. The highest BCUT2D eigenvalue weighted by Gasteiger charge is 2.25. The molecule has 0 unspecified atom stereocenters. The molecule has 3 heterocycles. The molecule has 7 heteroatoms. The maximum Gasteiger partial charge on any atom is 0.277 e. The number of benzene rings is 1. The molecule has 0 spiro atoms. The highest BCUT2D eigenvalue weighted by molar-refractivity contribution is 7.99. The molecule has 0 atom stereocenters. The van der Waals surface area contributed by atoms with Crippen LogP contribution in [-0.4, -0.2) is 33.2 Å². The van der Waals surface area contributed by atoms with Gasteiger partial charge in [-0.25, -0.2) is 15.0 Å². The van der Waals surface area contributed by atoms with E-state index in [9.17, 15) is 4.79 Å². The Morgan fingerprint density at radius 3 is 2.83 bits per heavy atom. The summed E-state index contributed by atoms with van der Waals surface area (Å²) >= 11 is 3.16. The zero-order valence-corrected chi connectivity index (χ0v) is 13.7. The number of fused-ring (bicyclic) bond motifs is 1. The Hall–Kier alpha value is -2.25. The second-order valence-corrected chi connectivity index (χ2v) is 6.88. The third-order valence-electron chi connectivity index (χ3n) is 3.45. The molecule has 1 aliphatic heterocycles. The van der Waals surface area contributed by atoms with E-state index < -0.39 is 0 Å². The van der Waals surface area contributed by atoms with Crippen LogP contribution in [0, 0.1) is 0 Å². The fourth-order valence-corrected chi connectivity index (χ4v) is 4.14. The second-order valence-electron chi connectivity index (χ2n) is 4.88. The van der Waals surface area contributed by atoms with E-state index in [-0.39, 0.29) is 5.91 Å². The van der Waals surface area contributed by atoms with Gasteiger partial charge in [-0.2, -0.15) is 0 Å². The van der Waals surface area contributed by atoms with Crippen LogP contribution in [-0.2, 0) is 0 Å². The fraction of sp³-hybridized carbons (Fsp3) is 0.125. The van der Waals surface area contributed by atoms with Gasteiger partial charge in [0.25, 0.3) is 5.91 Å². The van der Waals surface area contributed by atoms with E-state index in [1.807, 2.05) is 24.3 Å². The summed E-state index contributed by atoms with van der Waals surface area (Å²) in [7, 11) is 0. The van der Waals surface area contributed by atoms with Crippen LogP contribution in [0.3, 0.4) is 0 Å². The molecule has 114 valence electrons. The first-order valence-corrected chi connectivity index (χ1v) is 8.96. The van der Waals surface area contributed by atoms with Crippen molar-refractivity contribution in [2.24, 2.45) is 0 Å². The largest absolute Gasteiger partial charge is 0.305 e. The molecule has 0 bridgehead atoms. The molecule has 0 saturated heterocycles. The topological polar surface area (TPSA) is 59.0 Å². The van der Waals surface area contributed by atoms with E-state index in [0.29, 0.717) is 23.1 Å². The summed E-state index contributed by atoms with van der Waals surface area (Å²) in [6.07, 6.45) is 3.34. The number of hydrogen-bond acceptors (Lipinski definition) is 6. The predicted octanol–water partition coefficient (Wildman–Crippen LogP) is 3.35. The van der Waals surface area contributed by atoms with Crippen LogP contribution in [0.2, 0.25) is 0 Å². The Labute approximate surface area is 141 Å². The molecule has 0 radical (unpaired) electrons. The lowest BCUT2D eigenvalue weighted by atomic mass is 10.2. The highest BCUT2D eigenvalue weighted by atomic mass is 32.2. The molecule has 5 nitrogen and oxygen atoms in total. The third kappa shape index (κ3) is 2.73. The van der Waals surface area contributed by atoms with Crippen LogP contribution in [0.4, 0.5) is 5.69 Å². The molecule has 0 saturated carbocycles. The summed E-state index contributed by atoms with van der Waals surface area (Å²) in [5.41, 5.74) is 1.40. The number of aromatic nitrogens is 3. The molecular weight excluding hydrogens is 328 g/mol. The van der Waals surface area contributed by atoms with Crippen molar-refractivity contribution < 1.29 is 4.79 Å². The molecule has 0 N–H and O–H groups in total. The van der Waals surface area contributed by atoms with Gasteiger partial charge in [0.15, 0.2) is 10.8 Å². The number of carbonyl (C=O) groups is 1. The van der Waals surface area contributed by atoms with E-state index in [0.717, 1.165) is 16.3 Å². The number of para-hydroxylation sites is 1. The molecular formula is C16H12N4OS2. The van der Waals surface area contributed by atoms with E-state index in [2.05, 4.69) is 15.0 Å². The van der Waals surface area contributed by atoms with Gasteiger partial charge in [0, 0.05) is 35.0 Å². The summed E-state index contributed by atoms with van der Waals surface area (Å²) < 4.78 is 0. The van der Waals surface area contributed by atoms with Crippen LogP contribution in [0.25, 0.3) is 10.8 Å². The average Bonchev–Trinajstić information content (AvgIpc) is 3.11. The lowest BCUT2D eigenvalue weighted by molar-refractivity contribution is 0.0983. The van der Waals surface area contributed by atoms with E-state index in [1.54, 1.807) is 40.5 Å². The van der Waals surface area contributed by atoms with Gasteiger partial charge in [0.05, 0.1) is 5.69 Å². The first kappa shape index (κ1) is 14.3. The van der Waals surface area contributed by atoms with E-state index in [4.69, 9.17) is 0 Å². The van der Waals surface area contributed by atoms with Crippen molar-refractivity contribution in [1.29, 1.82) is 0 Å². The van der Waals surface area contributed by atoms with Gasteiger partial charge in [-0.3, -0.25) is 4.79 Å². The van der Waals surface area contributed by atoms with Gasteiger partial charge in [-0.1, -0.05) is 12.1 Å². The lowest BCUT2D eigenvalue weighted by Crippen LogP contribution is -2.35. The van der Waals surface area contributed by atoms with Crippen molar-refractivity contribution in [3.05, 3.63) is 53.8 Å². The summed E-state index contributed by atoms with van der Waals surface area (Å²) in [6.45, 7) is 0.690. The zero-order valence-electron chi connectivity index (χ0n) is 12.0. The summed E-state index contributed by atoms with van der Waals surface area (Å²) in [4.78, 5) is 28.5. The van der Waals surface area contributed by atoms with Gasteiger partial charge < -0.3 is 4.90 Å². The third-order valence-corrected chi connectivity index (χ3v) is 5.34. The summed E-state index contributed by atoms with van der Waals surface area (Å²) in [5, 5.41) is 2.44. The van der Waals surface area contributed by atoms with E-state index in [1.165, 1.54) is 11.3 Å². The van der Waals surface area contributed by atoms with Gasteiger partial charge in [-0.05, 0) is 18.2 Å². The minimum absolute atomic E-state index is 0.0730. The SMILES string of the molecule is O=C(c1csc(-c2ncccn2)n1)N1CCSc2ccccc21.